The van der Waals surface area contributed by atoms with Gasteiger partial charge in [-0.2, -0.15) is 0 Å². The fraction of sp³-hybridized carbons (Fsp3) is 0.562. The van der Waals surface area contributed by atoms with Gasteiger partial charge in [0.2, 0.25) is 0 Å². The first-order valence-corrected chi connectivity index (χ1v) is 7.19. The normalized spacial score (nSPS) is 22.4. The maximum atomic E-state index is 10.8. The van der Waals surface area contributed by atoms with Crippen molar-refractivity contribution in [1.82, 2.24) is 0 Å². The van der Waals surface area contributed by atoms with Crippen LogP contribution in [0, 0.1) is 12.8 Å². The van der Waals surface area contributed by atoms with E-state index in [9.17, 15) is 4.79 Å². The van der Waals surface area contributed by atoms with Crippen LogP contribution in [0.3, 0.4) is 0 Å². The summed E-state index contributed by atoms with van der Waals surface area (Å²) in [5.41, 5.74) is 1.18. The molecule has 0 aromatic heterocycles. The smallest absolute Gasteiger partial charge is 0.306 e. The van der Waals surface area contributed by atoms with Gasteiger partial charge in [0, 0.05) is 0 Å². The Morgan fingerprint density at radius 1 is 1.25 bits per heavy atom. The minimum Gasteiger partial charge on any atom is -0.491 e. The number of carbonyl (C=O) groups is 1. The second kappa shape index (κ2) is 7.29. The molecule has 110 valence electrons. The molecule has 4 heteroatoms. The Labute approximate surface area is 119 Å². The predicted molar refractivity (Wildman–Crippen MR) is 76.0 cm³/mol. The molecule has 1 aromatic rings. The Bertz CT molecular complexity index is 436. The highest BCUT2D eigenvalue weighted by Crippen LogP contribution is 2.26. The maximum Gasteiger partial charge on any atom is 0.306 e. The molecular formula is C16H22O4. The van der Waals surface area contributed by atoms with Gasteiger partial charge in [0.1, 0.15) is 12.4 Å². The summed E-state index contributed by atoms with van der Waals surface area (Å²) in [6.45, 7) is 3.11. The molecule has 1 N–H and O–H groups in total. The van der Waals surface area contributed by atoms with Gasteiger partial charge in [-0.3, -0.25) is 4.79 Å². The van der Waals surface area contributed by atoms with Crippen LogP contribution in [0.2, 0.25) is 0 Å². The first-order chi connectivity index (χ1) is 9.65. The van der Waals surface area contributed by atoms with Gasteiger partial charge in [0.15, 0.2) is 0 Å². The summed E-state index contributed by atoms with van der Waals surface area (Å²) in [6.07, 6.45) is 3.30. The average molecular weight is 278 g/mol. The van der Waals surface area contributed by atoms with Crippen LogP contribution in [0.15, 0.2) is 24.3 Å². The first kappa shape index (κ1) is 14.9. The molecule has 0 unspecified atom stereocenters. The Morgan fingerprint density at radius 3 is 2.65 bits per heavy atom. The number of hydrogen-bond acceptors (Lipinski definition) is 3. The van der Waals surface area contributed by atoms with E-state index in [0.29, 0.717) is 13.2 Å². The second-order valence-corrected chi connectivity index (χ2v) is 5.35. The summed E-state index contributed by atoms with van der Waals surface area (Å²) >= 11 is 0. The monoisotopic (exact) mass is 278 g/mol. The van der Waals surface area contributed by atoms with Gasteiger partial charge in [-0.25, -0.2) is 0 Å². The molecule has 0 bridgehead atoms. The Kier molecular flexibility index (Phi) is 5.41. The Morgan fingerprint density at radius 2 is 2.00 bits per heavy atom. The van der Waals surface area contributed by atoms with Crippen molar-refractivity contribution < 1.29 is 19.4 Å². The quantitative estimate of drug-likeness (QED) is 0.813. The standard InChI is InChI=1S/C16H22O4/c1-12-3-2-4-15(11-12)20-10-9-19-14-7-5-13(6-8-14)16(17)18/h2-4,11,13-14H,5-10H2,1H3,(H,17,18). The number of hydrogen-bond donors (Lipinski definition) is 1. The van der Waals surface area contributed by atoms with E-state index < -0.39 is 5.97 Å². The number of carboxylic acid groups (broad SMARTS) is 1. The molecule has 0 aliphatic heterocycles. The Hall–Kier alpha value is -1.55. The summed E-state index contributed by atoms with van der Waals surface area (Å²) in [7, 11) is 0. The zero-order valence-electron chi connectivity index (χ0n) is 11.9. The second-order valence-electron chi connectivity index (χ2n) is 5.35. The number of rotatable bonds is 6. The highest BCUT2D eigenvalue weighted by Gasteiger charge is 2.26. The van der Waals surface area contributed by atoms with E-state index in [1.165, 1.54) is 5.56 Å². The Balaban J connectivity index is 1.61. The van der Waals surface area contributed by atoms with E-state index in [1.807, 2.05) is 31.2 Å². The minimum atomic E-state index is -0.675. The van der Waals surface area contributed by atoms with Crippen molar-refractivity contribution in [3.8, 4) is 5.75 Å². The van der Waals surface area contributed by atoms with E-state index >= 15 is 0 Å². The number of aliphatic carboxylic acids is 1. The van der Waals surface area contributed by atoms with Gasteiger partial charge in [0.05, 0.1) is 18.6 Å². The molecule has 4 nitrogen and oxygen atoms in total. The van der Waals surface area contributed by atoms with Crippen molar-refractivity contribution >= 4 is 5.97 Å². The molecule has 1 fully saturated rings. The lowest BCUT2D eigenvalue weighted by molar-refractivity contribution is -0.143. The van der Waals surface area contributed by atoms with Crippen molar-refractivity contribution in [1.29, 1.82) is 0 Å². The van der Waals surface area contributed by atoms with E-state index in [4.69, 9.17) is 14.6 Å². The molecule has 1 saturated carbocycles. The highest BCUT2D eigenvalue weighted by molar-refractivity contribution is 5.70. The molecule has 0 atom stereocenters. The van der Waals surface area contributed by atoms with Crippen LogP contribution in [0.4, 0.5) is 0 Å². The minimum absolute atomic E-state index is 0.182. The van der Waals surface area contributed by atoms with Crippen molar-refractivity contribution in [2.24, 2.45) is 5.92 Å². The molecule has 0 heterocycles. The van der Waals surface area contributed by atoms with Crippen molar-refractivity contribution in [2.75, 3.05) is 13.2 Å². The summed E-state index contributed by atoms with van der Waals surface area (Å²) < 4.78 is 11.4. The van der Waals surface area contributed by atoms with E-state index in [1.54, 1.807) is 0 Å². The zero-order valence-corrected chi connectivity index (χ0v) is 11.9. The highest BCUT2D eigenvalue weighted by atomic mass is 16.5. The molecular weight excluding hydrogens is 256 g/mol. The van der Waals surface area contributed by atoms with Gasteiger partial charge < -0.3 is 14.6 Å². The lowest BCUT2D eigenvalue weighted by Crippen LogP contribution is -2.27. The van der Waals surface area contributed by atoms with Crippen molar-refractivity contribution in [2.45, 2.75) is 38.7 Å². The van der Waals surface area contributed by atoms with Gasteiger partial charge in [-0.1, -0.05) is 12.1 Å². The summed E-state index contributed by atoms with van der Waals surface area (Å²) in [5.74, 6) is 0.00723. The van der Waals surface area contributed by atoms with E-state index in [2.05, 4.69) is 0 Å². The average Bonchev–Trinajstić information content (AvgIpc) is 2.44. The van der Waals surface area contributed by atoms with E-state index in [0.717, 1.165) is 31.4 Å². The lowest BCUT2D eigenvalue weighted by atomic mass is 9.87. The maximum absolute atomic E-state index is 10.8. The van der Waals surface area contributed by atoms with Crippen LogP contribution >= 0.6 is 0 Å². The van der Waals surface area contributed by atoms with Crippen LogP contribution in [0.25, 0.3) is 0 Å². The number of benzene rings is 1. The lowest BCUT2D eigenvalue weighted by Gasteiger charge is -2.26. The number of ether oxygens (including phenoxy) is 2. The van der Waals surface area contributed by atoms with Gasteiger partial charge >= 0.3 is 5.97 Å². The van der Waals surface area contributed by atoms with E-state index in [-0.39, 0.29) is 12.0 Å². The zero-order chi connectivity index (χ0) is 14.4. The van der Waals surface area contributed by atoms with Crippen LogP contribution < -0.4 is 4.74 Å². The third-order valence-corrected chi connectivity index (χ3v) is 3.72. The third kappa shape index (κ3) is 4.53. The first-order valence-electron chi connectivity index (χ1n) is 7.19. The van der Waals surface area contributed by atoms with Crippen LogP contribution in [-0.4, -0.2) is 30.4 Å². The molecule has 1 aromatic carbocycles. The number of aryl methyl sites for hydroxylation is 1. The summed E-state index contributed by atoms with van der Waals surface area (Å²) in [5, 5.41) is 8.93. The van der Waals surface area contributed by atoms with Crippen LogP contribution in [-0.2, 0) is 9.53 Å². The predicted octanol–water partition coefficient (Wildman–Crippen LogP) is 3.03. The molecule has 0 saturated heterocycles. The number of carboxylic acids is 1. The molecule has 0 radical (unpaired) electrons. The third-order valence-electron chi connectivity index (χ3n) is 3.72. The van der Waals surface area contributed by atoms with Gasteiger partial charge in [0.25, 0.3) is 0 Å². The molecule has 1 aliphatic rings. The van der Waals surface area contributed by atoms with Crippen LogP contribution in [0.5, 0.6) is 5.75 Å². The van der Waals surface area contributed by atoms with Gasteiger partial charge in [-0.05, 0) is 50.3 Å². The molecule has 20 heavy (non-hydrogen) atoms. The molecule has 2 rings (SSSR count). The molecule has 1 aliphatic carbocycles. The fourth-order valence-corrected chi connectivity index (χ4v) is 2.56. The molecule has 0 amide bonds. The van der Waals surface area contributed by atoms with Crippen molar-refractivity contribution in [3.05, 3.63) is 29.8 Å². The SMILES string of the molecule is Cc1cccc(OCCOC2CCC(C(=O)O)CC2)c1. The topological polar surface area (TPSA) is 55.8 Å². The van der Waals surface area contributed by atoms with Gasteiger partial charge in [-0.15, -0.1) is 0 Å². The largest absolute Gasteiger partial charge is 0.491 e. The summed E-state index contributed by atoms with van der Waals surface area (Å²) in [4.78, 5) is 10.8. The van der Waals surface area contributed by atoms with Crippen LogP contribution in [0.1, 0.15) is 31.2 Å². The molecule has 0 spiro atoms. The van der Waals surface area contributed by atoms with Crippen molar-refractivity contribution in [3.63, 3.8) is 0 Å². The fourth-order valence-electron chi connectivity index (χ4n) is 2.56. The summed E-state index contributed by atoms with van der Waals surface area (Å²) in [6, 6.07) is 7.94.